The number of nitrogens with zero attached hydrogens (tertiary/aromatic N) is 3. The van der Waals surface area contributed by atoms with E-state index in [-0.39, 0.29) is 60.4 Å². The van der Waals surface area contributed by atoms with Gasteiger partial charge < -0.3 is 21.2 Å². The third-order valence-corrected chi connectivity index (χ3v) is 5.38. The molecule has 2 fully saturated rings. The fourth-order valence-electron chi connectivity index (χ4n) is 3.83. The molecular weight excluding hydrogens is 396 g/mol. The van der Waals surface area contributed by atoms with Crippen LogP contribution in [0.25, 0.3) is 10.9 Å². The van der Waals surface area contributed by atoms with Crippen molar-refractivity contribution in [2.24, 2.45) is 11.7 Å². The van der Waals surface area contributed by atoms with Crippen molar-refractivity contribution in [2.75, 3.05) is 37.5 Å². The van der Waals surface area contributed by atoms with Gasteiger partial charge in [0, 0.05) is 25.0 Å². The molecule has 0 bridgehead atoms. The summed E-state index contributed by atoms with van der Waals surface area (Å²) in [5.41, 5.74) is 4.34. The maximum absolute atomic E-state index is 15.0. The number of alkyl halides is 1. The summed E-state index contributed by atoms with van der Waals surface area (Å²) in [6, 6.07) is 0.909. The molecule has 0 amide bonds. The highest BCUT2D eigenvalue weighted by Gasteiger charge is 2.37. The molecule has 28 heavy (non-hydrogen) atoms. The molecule has 2 aromatic rings. The minimum absolute atomic E-state index is 0. The molecule has 1 aromatic heterocycles. The van der Waals surface area contributed by atoms with Crippen molar-refractivity contribution in [3.63, 3.8) is 0 Å². The van der Waals surface area contributed by atoms with Crippen molar-refractivity contribution in [2.45, 2.75) is 25.1 Å². The Kier molecular flexibility index (Phi) is 5.28. The van der Waals surface area contributed by atoms with Gasteiger partial charge in [0.1, 0.15) is 17.4 Å². The average molecular weight is 418 g/mol. The van der Waals surface area contributed by atoms with E-state index < -0.39 is 29.2 Å². The Bertz CT molecular complexity index is 1040. The van der Waals surface area contributed by atoms with Crippen LogP contribution in [0.5, 0.6) is 5.75 Å². The van der Waals surface area contributed by atoms with Crippen molar-refractivity contribution in [1.29, 1.82) is 0 Å². The van der Waals surface area contributed by atoms with Crippen LogP contribution in [0.15, 0.2) is 15.7 Å². The second-order valence-corrected chi connectivity index (χ2v) is 7.11. The van der Waals surface area contributed by atoms with Crippen molar-refractivity contribution in [1.82, 2.24) is 9.24 Å². The molecule has 4 rings (SSSR count). The Morgan fingerprint density at radius 3 is 2.50 bits per heavy atom. The predicted octanol–water partition coefficient (Wildman–Crippen LogP) is 0.514. The van der Waals surface area contributed by atoms with E-state index in [0.717, 1.165) is 18.9 Å². The summed E-state index contributed by atoms with van der Waals surface area (Å²) in [7, 11) is 1.33. The lowest BCUT2D eigenvalue weighted by atomic mass is 10.1. The van der Waals surface area contributed by atoms with E-state index in [1.807, 2.05) is 0 Å². The Hall–Kier alpha value is -2.33. The van der Waals surface area contributed by atoms with Crippen LogP contribution in [0.2, 0.25) is 0 Å². The molecule has 1 saturated heterocycles. The number of nitrogen functional groups attached to an aromatic ring is 1. The first kappa shape index (κ1) is 20.4. The second kappa shape index (κ2) is 7.25. The first-order chi connectivity index (χ1) is 12.9. The zero-order chi connectivity index (χ0) is 19.5. The van der Waals surface area contributed by atoms with E-state index in [4.69, 9.17) is 16.3 Å². The van der Waals surface area contributed by atoms with Crippen LogP contribution >= 0.6 is 12.4 Å². The molecule has 0 radical (unpaired) electrons. The SMILES string of the molecule is COc1c(N2C[C@H](CN)[C@H](F)C2)c(F)cc2c(=O)n(N)c(=O)n(C3CC3)c12.Cl. The molecule has 8 nitrogen and oxygen atoms in total. The highest BCUT2D eigenvalue weighted by atomic mass is 35.5. The standard InChI is InChI=1S/C17H21F2N5O3.ClH/c1-27-15-13-10(16(25)24(21)17(26)23(13)9-2-3-9)4-11(18)14(15)22-6-8(5-20)12(19)7-22;/h4,8-9,12H,2-3,5-7,20-21H2,1H3;1H/t8-,12+;/m0./s1. The van der Waals surface area contributed by atoms with Crippen LogP contribution in [0.1, 0.15) is 18.9 Å². The summed E-state index contributed by atoms with van der Waals surface area (Å²) in [6.45, 7) is 0.320. The fourth-order valence-corrected chi connectivity index (χ4v) is 3.83. The Morgan fingerprint density at radius 2 is 1.96 bits per heavy atom. The lowest BCUT2D eigenvalue weighted by Crippen LogP contribution is -2.44. The molecule has 4 N–H and O–H groups in total. The summed E-state index contributed by atoms with van der Waals surface area (Å²) in [4.78, 5) is 26.6. The molecule has 1 aromatic carbocycles. The molecule has 2 atom stereocenters. The molecule has 1 aliphatic heterocycles. The van der Waals surface area contributed by atoms with Gasteiger partial charge in [0.15, 0.2) is 11.6 Å². The Labute approximate surface area is 165 Å². The molecule has 1 saturated carbocycles. The number of nitrogens with two attached hydrogens (primary N) is 2. The number of aromatic nitrogens is 2. The van der Waals surface area contributed by atoms with Crippen LogP contribution in [0, 0.1) is 11.7 Å². The molecule has 1 aliphatic carbocycles. The number of hydrogen-bond acceptors (Lipinski definition) is 6. The normalized spacial score (nSPS) is 21.8. The number of rotatable bonds is 4. The first-order valence-corrected chi connectivity index (χ1v) is 8.80. The lowest BCUT2D eigenvalue weighted by molar-refractivity contribution is 0.289. The van der Waals surface area contributed by atoms with E-state index in [2.05, 4.69) is 0 Å². The van der Waals surface area contributed by atoms with Gasteiger partial charge in [0.05, 0.1) is 12.5 Å². The van der Waals surface area contributed by atoms with Crippen molar-refractivity contribution in [3.05, 3.63) is 32.7 Å². The van der Waals surface area contributed by atoms with Gasteiger partial charge in [-0.2, -0.15) is 4.68 Å². The Balaban J connectivity index is 0.00000225. The average Bonchev–Trinajstić information content (AvgIpc) is 3.41. The van der Waals surface area contributed by atoms with Gasteiger partial charge in [-0.1, -0.05) is 0 Å². The van der Waals surface area contributed by atoms with Crippen LogP contribution < -0.4 is 32.5 Å². The van der Waals surface area contributed by atoms with Gasteiger partial charge in [-0.05, 0) is 25.5 Å². The predicted molar refractivity (Wildman–Crippen MR) is 104 cm³/mol. The number of benzene rings is 1. The molecule has 2 aliphatic rings. The summed E-state index contributed by atoms with van der Waals surface area (Å²) < 4.78 is 36.5. The van der Waals surface area contributed by atoms with Crippen molar-refractivity contribution >= 4 is 29.0 Å². The minimum atomic E-state index is -1.20. The maximum Gasteiger partial charge on any atom is 0.350 e. The minimum Gasteiger partial charge on any atom is -0.492 e. The highest BCUT2D eigenvalue weighted by molar-refractivity contribution is 5.91. The van der Waals surface area contributed by atoms with E-state index in [1.165, 1.54) is 16.6 Å². The van der Waals surface area contributed by atoms with Crippen molar-refractivity contribution < 1.29 is 13.5 Å². The summed E-state index contributed by atoms with van der Waals surface area (Å²) in [5.74, 6) is 4.49. The Morgan fingerprint density at radius 1 is 1.29 bits per heavy atom. The number of ether oxygens (including phenoxy) is 1. The zero-order valence-corrected chi connectivity index (χ0v) is 16.0. The van der Waals surface area contributed by atoms with Gasteiger partial charge in [-0.25, -0.2) is 13.6 Å². The van der Waals surface area contributed by atoms with E-state index in [1.54, 1.807) is 0 Å². The quantitative estimate of drug-likeness (QED) is 0.702. The van der Waals surface area contributed by atoms with Crippen LogP contribution in [0.3, 0.4) is 0 Å². The van der Waals surface area contributed by atoms with Crippen LogP contribution in [0.4, 0.5) is 14.5 Å². The van der Waals surface area contributed by atoms with Gasteiger partial charge in [0.2, 0.25) is 0 Å². The highest BCUT2D eigenvalue weighted by Crippen LogP contribution is 2.43. The number of fused-ring (bicyclic) bond motifs is 1. The lowest BCUT2D eigenvalue weighted by Gasteiger charge is -2.24. The smallest absolute Gasteiger partial charge is 0.350 e. The van der Waals surface area contributed by atoms with Crippen LogP contribution in [-0.2, 0) is 0 Å². The summed E-state index contributed by atoms with van der Waals surface area (Å²) >= 11 is 0. The zero-order valence-electron chi connectivity index (χ0n) is 15.2. The molecule has 0 spiro atoms. The fraction of sp³-hybridized carbons (Fsp3) is 0.529. The van der Waals surface area contributed by atoms with Gasteiger partial charge in [0.25, 0.3) is 5.56 Å². The van der Waals surface area contributed by atoms with Crippen LogP contribution in [-0.4, -0.2) is 42.2 Å². The summed E-state index contributed by atoms with van der Waals surface area (Å²) in [5, 5.41) is -0.0477. The van der Waals surface area contributed by atoms with E-state index in [0.29, 0.717) is 4.68 Å². The number of hydrogen-bond donors (Lipinski definition) is 2. The van der Waals surface area contributed by atoms with E-state index >= 15 is 0 Å². The summed E-state index contributed by atoms with van der Waals surface area (Å²) in [6.07, 6.45) is 0.292. The molecule has 2 heterocycles. The van der Waals surface area contributed by atoms with E-state index in [9.17, 15) is 18.4 Å². The topological polar surface area (TPSA) is 109 Å². The number of methoxy groups -OCH3 is 1. The molecule has 0 unspecified atom stereocenters. The van der Waals surface area contributed by atoms with Gasteiger partial charge in [-0.3, -0.25) is 9.36 Å². The van der Waals surface area contributed by atoms with Gasteiger partial charge in [-0.15, -0.1) is 12.4 Å². The molecule has 154 valence electrons. The number of anilines is 1. The van der Waals surface area contributed by atoms with Crippen molar-refractivity contribution in [3.8, 4) is 5.75 Å². The molecular formula is C17H22ClF2N5O3. The maximum atomic E-state index is 15.0. The van der Waals surface area contributed by atoms with Gasteiger partial charge >= 0.3 is 5.69 Å². The third kappa shape index (κ3) is 2.91. The third-order valence-electron chi connectivity index (χ3n) is 5.38. The number of halogens is 3. The largest absolute Gasteiger partial charge is 0.492 e. The first-order valence-electron chi connectivity index (χ1n) is 8.80. The second-order valence-electron chi connectivity index (χ2n) is 7.11. The monoisotopic (exact) mass is 417 g/mol. The molecule has 11 heteroatoms.